The second-order valence-corrected chi connectivity index (χ2v) is 4.18. The molecule has 0 N–H and O–H groups in total. The van der Waals surface area contributed by atoms with Gasteiger partial charge in [0.25, 0.3) is 0 Å². The topological polar surface area (TPSA) is 92.3 Å². The van der Waals surface area contributed by atoms with E-state index < -0.39 is 4.92 Å². The van der Waals surface area contributed by atoms with Crippen LogP contribution in [-0.4, -0.2) is 40.0 Å². The number of rotatable bonds is 7. The minimum atomic E-state index is -0.468. The Hall–Kier alpha value is -2.48. The van der Waals surface area contributed by atoms with Gasteiger partial charge in [-0.05, 0) is 13.0 Å². The van der Waals surface area contributed by atoms with Crippen molar-refractivity contribution in [2.24, 2.45) is 0 Å². The first kappa shape index (κ1) is 14.9. The first-order valence-corrected chi connectivity index (χ1v) is 6.46. The van der Waals surface area contributed by atoms with Crippen molar-refractivity contribution in [1.29, 1.82) is 0 Å². The second kappa shape index (κ2) is 6.80. The number of nitrogens with zero attached hydrogens (tertiary/aromatic N) is 4. The maximum atomic E-state index is 11.1. The molecule has 0 radical (unpaired) electrons. The summed E-state index contributed by atoms with van der Waals surface area (Å²) in [5, 5.41) is 19.0. The SMILES string of the molecule is CCOc1c(-c2nncn2CCOC)cccc1[N+](=O)[O-]. The number of nitro groups is 1. The lowest BCUT2D eigenvalue weighted by Crippen LogP contribution is -2.06. The summed E-state index contributed by atoms with van der Waals surface area (Å²) in [4.78, 5) is 10.7. The first-order chi connectivity index (χ1) is 10.2. The number of hydrogen-bond donors (Lipinski definition) is 0. The van der Waals surface area contributed by atoms with Gasteiger partial charge >= 0.3 is 5.69 Å². The van der Waals surface area contributed by atoms with Gasteiger partial charge in [-0.2, -0.15) is 0 Å². The second-order valence-electron chi connectivity index (χ2n) is 4.18. The highest BCUT2D eigenvalue weighted by Gasteiger charge is 2.22. The fourth-order valence-corrected chi connectivity index (χ4v) is 1.96. The summed E-state index contributed by atoms with van der Waals surface area (Å²) in [5.74, 6) is 0.718. The minimum Gasteiger partial charge on any atom is -0.487 e. The van der Waals surface area contributed by atoms with Crippen molar-refractivity contribution in [3.63, 3.8) is 0 Å². The molecule has 0 saturated carbocycles. The summed E-state index contributed by atoms with van der Waals surface area (Å²) >= 11 is 0. The standard InChI is InChI=1S/C13H16N4O4/c1-3-21-12-10(5-4-6-11(12)17(18)19)13-15-14-9-16(13)7-8-20-2/h4-6,9H,3,7-8H2,1-2H3. The van der Waals surface area contributed by atoms with Gasteiger partial charge in [-0.3, -0.25) is 10.1 Å². The van der Waals surface area contributed by atoms with Crippen molar-refractivity contribution < 1.29 is 14.4 Å². The van der Waals surface area contributed by atoms with Crippen LogP contribution in [0.3, 0.4) is 0 Å². The van der Waals surface area contributed by atoms with E-state index >= 15 is 0 Å². The van der Waals surface area contributed by atoms with E-state index in [0.717, 1.165) is 0 Å². The molecule has 0 amide bonds. The molecule has 1 aromatic heterocycles. The highest BCUT2D eigenvalue weighted by atomic mass is 16.6. The summed E-state index contributed by atoms with van der Waals surface area (Å²) < 4.78 is 12.3. The quantitative estimate of drug-likeness (QED) is 0.571. The van der Waals surface area contributed by atoms with Crippen LogP contribution in [0.1, 0.15) is 6.92 Å². The van der Waals surface area contributed by atoms with Crippen molar-refractivity contribution in [1.82, 2.24) is 14.8 Å². The third-order valence-corrected chi connectivity index (χ3v) is 2.87. The fourth-order valence-electron chi connectivity index (χ4n) is 1.96. The molecule has 8 nitrogen and oxygen atoms in total. The molecule has 0 saturated heterocycles. The minimum absolute atomic E-state index is 0.0874. The lowest BCUT2D eigenvalue weighted by Gasteiger charge is -2.11. The van der Waals surface area contributed by atoms with Gasteiger partial charge in [0.2, 0.25) is 5.75 Å². The molecule has 0 spiro atoms. The smallest absolute Gasteiger partial charge is 0.311 e. The first-order valence-electron chi connectivity index (χ1n) is 6.46. The van der Waals surface area contributed by atoms with Gasteiger partial charge in [0.1, 0.15) is 6.33 Å². The van der Waals surface area contributed by atoms with Crippen LogP contribution in [0, 0.1) is 10.1 Å². The molecule has 8 heteroatoms. The summed E-state index contributed by atoms with van der Waals surface area (Å²) in [5.41, 5.74) is 0.454. The van der Waals surface area contributed by atoms with Gasteiger partial charge in [-0.1, -0.05) is 6.07 Å². The fraction of sp³-hybridized carbons (Fsp3) is 0.385. The van der Waals surface area contributed by atoms with E-state index in [9.17, 15) is 10.1 Å². The maximum Gasteiger partial charge on any atom is 0.311 e. The monoisotopic (exact) mass is 292 g/mol. The normalized spacial score (nSPS) is 10.6. The molecule has 0 aliphatic heterocycles. The third kappa shape index (κ3) is 3.16. The zero-order valence-electron chi connectivity index (χ0n) is 11.9. The van der Waals surface area contributed by atoms with Crippen LogP contribution in [0.5, 0.6) is 5.75 Å². The highest BCUT2D eigenvalue weighted by molar-refractivity contribution is 5.71. The lowest BCUT2D eigenvalue weighted by molar-refractivity contribution is -0.385. The van der Waals surface area contributed by atoms with Crippen LogP contribution in [0.15, 0.2) is 24.5 Å². The van der Waals surface area contributed by atoms with Gasteiger partial charge in [0, 0.05) is 19.7 Å². The lowest BCUT2D eigenvalue weighted by atomic mass is 10.1. The molecule has 21 heavy (non-hydrogen) atoms. The largest absolute Gasteiger partial charge is 0.487 e. The van der Waals surface area contributed by atoms with Crippen LogP contribution in [0.25, 0.3) is 11.4 Å². The molecule has 112 valence electrons. The van der Waals surface area contributed by atoms with E-state index in [1.54, 1.807) is 37.1 Å². The van der Waals surface area contributed by atoms with Crippen LogP contribution in [-0.2, 0) is 11.3 Å². The Morgan fingerprint density at radius 3 is 2.90 bits per heavy atom. The van der Waals surface area contributed by atoms with Gasteiger partial charge in [0.05, 0.1) is 23.7 Å². The molecule has 2 rings (SSSR count). The Morgan fingerprint density at radius 2 is 2.24 bits per heavy atom. The van der Waals surface area contributed by atoms with E-state index in [2.05, 4.69) is 10.2 Å². The Balaban J connectivity index is 2.50. The molecule has 2 aromatic rings. The Labute approximate surface area is 121 Å². The van der Waals surface area contributed by atoms with E-state index in [0.29, 0.717) is 31.1 Å². The average molecular weight is 292 g/mol. The van der Waals surface area contributed by atoms with Crippen LogP contribution in [0.4, 0.5) is 5.69 Å². The number of para-hydroxylation sites is 1. The summed E-state index contributed by atoms with van der Waals surface area (Å²) in [6.45, 7) is 3.14. The molecule has 0 unspecified atom stereocenters. The van der Waals surface area contributed by atoms with Crippen molar-refractivity contribution >= 4 is 5.69 Å². The zero-order chi connectivity index (χ0) is 15.2. The molecule has 0 atom stereocenters. The molecule has 1 aromatic carbocycles. The Morgan fingerprint density at radius 1 is 1.43 bits per heavy atom. The van der Waals surface area contributed by atoms with E-state index in [-0.39, 0.29) is 11.4 Å². The zero-order valence-corrected chi connectivity index (χ0v) is 11.9. The molecular formula is C13H16N4O4. The maximum absolute atomic E-state index is 11.1. The van der Waals surface area contributed by atoms with Crippen LogP contribution >= 0.6 is 0 Å². The van der Waals surface area contributed by atoms with Crippen LogP contribution < -0.4 is 4.74 Å². The molecule has 0 aliphatic rings. The van der Waals surface area contributed by atoms with E-state index in [1.807, 2.05) is 0 Å². The Kier molecular flexibility index (Phi) is 4.83. The van der Waals surface area contributed by atoms with E-state index in [4.69, 9.17) is 9.47 Å². The number of hydrogen-bond acceptors (Lipinski definition) is 6. The predicted octanol–water partition coefficient (Wildman–Crippen LogP) is 1.90. The summed E-state index contributed by atoms with van der Waals surface area (Å²) in [6.07, 6.45) is 1.56. The molecule has 0 bridgehead atoms. The number of aromatic nitrogens is 3. The summed E-state index contributed by atoms with van der Waals surface area (Å²) in [7, 11) is 1.60. The van der Waals surface area contributed by atoms with Crippen molar-refractivity contribution in [3.8, 4) is 17.1 Å². The van der Waals surface area contributed by atoms with Crippen molar-refractivity contribution in [3.05, 3.63) is 34.6 Å². The van der Waals surface area contributed by atoms with Gasteiger partial charge in [-0.15, -0.1) is 10.2 Å². The van der Waals surface area contributed by atoms with Gasteiger partial charge < -0.3 is 14.0 Å². The van der Waals surface area contributed by atoms with Gasteiger partial charge in [-0.25, -0.2) is 0 Å². The van der Waals surface area contributed by atoms with Gasteiger partial charge in [0.15, 0.2) is 5.82 Å². The van der Waals surface area contributed by atoms with E-state index in [1.165, 1.54) is 6.07 Å². The molecule has 0 aliphatic carbocycles. The number of ether oxygens (including phenoxy) is 2. The predicted molar refractivity (Wildman–Crippen MR) is 75.2 cm³/mol. The number of benzene rings is 1. The molecule has 1 heterocycles. The molecule has 0 fully saturated rings. The molecular weight excluding hydrogens is 276 g/mol. The van der Waals surface area contributed by atoms with Crippen molar-refractivity contribution in [2.75, 3.05) is 20.3 Å². The highest BCUT2D eigenvalue weighted by Crippen LogP contribution is 2.36. The Bertz CT molecular complexity index is 626. The summed E-state index contributed by atoms with van der Waals surface area (Å²) in [6, 6.07) is 4.74. The average Bonchev–Trinajstić information content (AvgIpc) is 2.93. The van der Waals surface area contributed by atoms with Crippen LogP contribution in [0.2, 0.25) is 0 Å². The number of methoxy groups -OCH3 is 1. The van der Waals surface area contributed by atoms with Crippen molar-refractivity contribution in [2.45, 2.75) is 13.5 Å². The third-order valence-electron chi connectivity index (χ3n) is 2.87. The number of nitro benzene ring substituents is 1.